The Morgan fingerprint density at radius 3 is 3.04 bits per heavy atom. The van der Waals surface area contributed by atoms with E-state index < -0.39 is 0 Å². The Balaban J connectivity index is 1.72. The van der Waals surface area contributed by atoms with Crippen molar-refractivity contribution in [3.8, 4) is 0 Å². The molecule has 0 bridgehead atoms. The van der Waals surface area contributed by atoms with Crippen molar-refractivity contribution in [1.82, 2.24) is 19.4 Å². The van der Waals surface area contributed by atoms with Gasteiger partial charge in [0.15, 0.2) is 0 Å². The lowest BCUT2D eigenvalue weighted by molar-refractivity contribution is -0.129. The number of rotatable bonds is 5. The molecule has 5 nitrogen and oxygen atoms in total. The highest BCUT2D eigenvalue weighted by Gasteiger charge is 2.27. The van der Waals surface area contributed by atoms with Gasteiger partial charge in [0.1, 0.15) is 5.82 Å². The van der Waals surface area contributed by atoms with Crippen molar-refractivity contribution in [2.75, 3.05) is 25.1 Å². The molecule has 3 rings (SSSR count). The Kier molecular flexibility index (Phi) is 5.33. The molecule has 0 aliphatic carbocycles. The average Bonchev–Trinajstić information content (AvgIpc) is 3.04. The molecule has 0 aromatic carbocycles. The standard InChI is InChI=1S/C17H22N4OS/c1-23-13-16(22)20-9-4-5-14(11-20)17-19-8-10-21(17)12-15-6-2-3-7-18-15/h2-3,6-8,10,14H,4-5,9,11-13H2,1H3. The first-order valence-corrected chi connectivity index (χ1v) is 9.35. The van der Waals surface area contributed by atoms with E-state index in [-0.39, 0.29) is 5.91 Å². The van der Waals surface area contributed by atoms with Crippen LogP contribution >= 0.6 is 11.8 Å². The number of thioether (sulfide) groups is 1. The summed E-state index contributed by atoms with van der Waals surface area (Å²) >= 11 is 1.59. The predicted molar refractivity (Wildman–Crippen MR) is 92.5 cm³/mol. The van der Waals surface area contributed by atoms with Crippen molar-refractivity contribution in [3.63, 3.8) is 0 Å². The van der Waals surface area contributed by atoms with Crippen molar-refractivity contribution < 1.29 is 4.79 Å². The van der Waals surface area contributed by atoms with E-state index in [2.05, 4.69) is 14.5 Å². The normalized spacial score (nSPS) is 18.1. The number of pyridine rings is 1. The van der Waals surface area contributed by atoms with Crippen molar-refractivity contribution in [2.45, 2.75) is 25.3 Å². The Hall–Kier alpha value is -1.82. The van der Waals surface area contributed by atoms with E-state index in [1.165, 1.54) is 0 Å². The summed E-state index contributed by atoms with van der Waals surface area (Å²) in [5.41, 5.74) is 1.03. The second-order valence-corrected chi connectivity index (χ2v) is 6.71. The van der Waals surface area contributed by atoms with Crippen molar-refractivity contribution in [2.24, 2.45) is 0 Å². The van der Waals surface area contributed by atoms with Gasteiger partial charge in [-0.15, -0.1) is 0 Å². The minimum absolute atomic E-state index is 0.241. The number of likely N-dealkylation sites (tertiary alicyclic amines) is 1. The third-order valence-corrected chi connectivity index (χ3v) is 4.75. The number of carbonyl (C=O) groups is 1. The fourth-order valence-electron chi connectivity index (χ4n) is 3.11. The number of carbonyl (C=O) groups excluding carboxylic acids is 1. The summed E-state index contributed by atoms with van der Waals surface area (Å²) in [6, 6.07) is 5.95. The van der Waals surface area contributed by atoms with Crippen molar-refractivity contribution in [3.05, 3.63) is 48.3 Å². The number of aromatic nitrogens is 3. The van der Waals surface area contributed by atoms with Gasteiger partial charge in [-0.05, 0) is 31.2 Å². The molecule has 0 spiro atoms. The summed E-state index contributed by atoms with van der Waals surface area (Å²) in [5.74, 6) is 2.19. The first-order chi connectivity index (χ1) is 11.3. The van der Waals surface area contributed by atoms with E-state index in [0.717, 1.165) is 44.0 Å². The van der Waals surface area contributed by atoms with E-state index >= 15 is 0 Å². The van der Waals surface area contributed by atoms with E-state index in [4.69, 9.17) is 0 Å². The minimum Gasteiger partial charge on any atom is -0.341 e. The first-order valence-electron chi connectivity index (χ1n) is 7.95. The molecule has 2 aromatic heterocycles. The third kappa shape index (κ3) is 3.93. The second-order valence-electron chi connectivity index (χ2n) is 5.85. The summed E-state index contributed by atoms with van der Waals surface area (Å²) in [6.07, 6.45) is 9.77. The summed E-state index contributed by atoms with van der Waals surface area (Å²) in [4.78, 5) is 23.1. The topological polar surface area (TPSA) is 51.0 Å². The number of hydrogen-bond donors (Lipinski definition) is 0. The highest BCUT2D eigenvalue weighted by Crippen LogP contribution is 2.26. The molecule has 122 valence electrons. The maximum atomic E-state index is 12.2. The number of hydrogen-bond acceptors (Lipinski definition) is 4. The van der Waals surface area contributed by atoms with Gasteiger partial charge in [0.25, 0.3) is 0 Å². The van der Waals surface area contributed by atoms with E-state index in [1.54, 1.807) is 11.8 Å². The minimum atomic E-state index is 0.241. The summed E-state index contributed by atoms with van der Waals surface area (Å²) in [6.45, 7) is 2.38. The van der Waals surface area contributed by atoms with Gasteiger partial charge >= 0.3 is 0 Å². The highest BCUT2D eigenvalue weighted by atomic mass is 32.2. The molecule has 1 amide bonds. The van der Waals surface area contributed by atoms with Crippen LogP contribution in [-0.2, 0) is 11.3 Å². The molecular formula is C17H22N4OS. The molecule has 1 aliphatic heterocycles. The molecule has 1 atom stereocenters. The van der Waals surface area contributed by atoms with Crippen LogP contribution in [0.1, 0.15) is 30.3 Å². The zero-order valence-corrected chi connectivity index (χ0v) is 14.2. The molecule has 3 heterocycles. The van der Waals surface area contributed by atoms with Crippen LogP contribution in [0.5, 0.6) is 0 Å². The molecule has 0 saturated carbocycles. The third-order valence-electron chi connectivity index (χ3n) is 4.21. The van der Waals surface area contributed by atoms with Gasteiger partial charge in [0.2, 0.25) is 5.91 Å². The zero-order valence-electron chi connectivity index (χ0n) is 13.4. The molecule has 1 saturated heterocycles. The Labute approximate surface area is 141 Å². The van der Waals surface area contributed by atoms with E-state index in [0.29, 0.717) is 11.7 Å². The SMILES string of the molecule is CSCC(=O)N1CCCC(c2nccn2Cc2ccccn2)C1. The van der Waals surface area contributed by atoms with Crippen LogP contribution in [0.4, 0.5) is 0 Å². The lowest BCUT2D eigenvalue weighted by atomic mass is 9.97. The summed E-state index contributed by atoms with van der Waals surface area (Å²) < 4.78 is 2.16. The van der Waals surface area contributed by atoms with Crippen LogP contribution in [0, 0.1) is 0 Å². The fraction of sp³-hybridized carbons (Fsp3) is 0.471. The lowest BCUT2D eigenvalue weighted by Gasteiger charge is -2.32. The molecule has 0 radical (unpaired) electrons. The van der Waals surface area contributed by atoms with Crippen LogP contribution < -0.4 is 0 Å². The number of nitrogens with zero attached hydrogens (tertiary/aromatic N) is 4. The summed E-state index contributed by atoms with van der Waals surface area (Å²) in [5, 5.41) is 0. The Morgan fingerprint density at radius 1 is 1.35 bits per heavy atom. The van der Waals surface area contributed by atoms with Crippen LogP contribution in [0.2, 0.25) is 0 Å². The molecule has 0 N–H and O–H groups in total. The highest BCUT2D eigenvalue weighted by molar-refractivity contribution is 7.99. The van der Waals surface area contributed by atoms with Gasteiger partial charge in [-0.25, -0.2) is 4.98 Å². The molecule has 2 aromatic rings. The maximum absolute atomic E-state index is 12.2. The predicted octanol–water partition coefficient (Wildman–Crippen LogP) is 2.40. The molecule has 1 unspecified atom stereocenters. The fourth-order valence-corrected chi connectivity index (χ4v) is 3.54. The van der Waals surface area contributed by atoms with E-state index in [1.807, 2.05) is 47.9 Å². The lowest BCUT2D eigenvalue weighted by Crippen LogP contribution is -2.40. The van der Waals surface area contributed by atoms with Crippen molar-refractivity contribution in [1.29, 1.82) is 0 Å². The smallest absolute Gasteiger partial charge is 0.232 e. The number of imidazole rings is 1. The van der Waals surface area contributed by atoms with Gasteiger partial charge in [0, 0.05) is 37.6 Å². The first kappa shape index (κ1) is 16.1. The van der Waals surface area contributed by atoms with Crippen LogP contribution in [0.3, 0.4) is 0 Å². The van der Waals surface area contributed by atoms with Crippen LogP contribution in [-0.4, -0.2) is 50.4 Å². The van der Waals surface area contributed by atoms with Gasteiger partial charge in [0.05, 0.1) is 18.0 Å². The molecule has 1 aliphatic rings. The van der Waals surface area contributed by atoms with Gasteiger partial charge in [-0.2, -0.15) is 11.8 Å². The molecule has 23 heavy (non-hydrogen) atoms. The van der Waals surface area contributed by atoms with Crippen molar-refractivity contribution >= 4 is 17.7 Å². The zero-order chi connectivity index (χ0) is 16.1. The van der Waals surface area contributed by atoms with Gasteiger partial charge < -0.3 is 9.47 Å². The summed E-state index contributed by atoms with van der Waals surface area (Å²) in [7, 11) is 0. The number of amides is 1. The molecule has 6 heteroatoms. The van der Waals surface area contributed by atoms with E-state index in [9.17, 15) is 4.79 Å². The number of piperidine rings is 1. The Bertz CT molecular complexity index is 643. The largest absolute Gasteiger partial charge is 0.341 e. The van der Waals surface area contributed by atoms with Gasteiger partial charge in [-0.1, -0.05) is 6.07 Å². The quantitative estimate of drug-likeness (QED) is 0.845. The molecule has 1 fully saturated rings. The second kappa shape index (κ2) is 7.64. The van der Waals surface area contributed by atoms with Crippen LogP contribution in [0.15, 0.2) is 36.8 Å². The monoisotopic (exact) mass is 330 g/mol. The average molecular weight is 330 g/mol. The van der Waals surface area contributed by atoms with Crippen LogP contribution in [0.25, 0.3) is 0 Å². The maximum Gasteiger partial charge on any atom is 0.232 e. The molecular weight excluding hydrogens is 308 g/mol. The Morgan fingerprint density at radius 2 is 2.26 bits per heavy atom. The van der Waals surface area contributed by atoms with Gasteiger partial charge in [-0.3, -0.25) is 9.78 Å².